The molecule has 156 valence electrons. The van der Waals surface area contributed by atoms with Gasteiger partial charge >= 0.3 is 11.8 Å². The molecule has 0 aromatic rings. The number of amides is 1. The fraction of sp³-hybridized carbons (Fsp3) is 0.786. The van der Waals surface area contributed by atoms with Crippen LogP contribution in [0.3, 0.4) is 0 Å². The first-order chi connectivity index (χ1) is 12.5. The van der Waals surface area contributed by atoms with Crippen LogP contribution in [0.25, 0.3) is 0 Å². The highest BCUT2D eigenvalue weighted by Crippen LogP contribution is 2.36. The van der Waals surface area contributed by atoms with Crippen molar-refractivity contribution in [2.75, 3.05) is 13.2 Å². The van der Waals surface area contributed by atoms with Crippen LogP contribution in [-0.4, -0.2) is 88.8 Å². The summed E-state index contributed by atoms with van der Waals surface area (Å²) in [6, 6.07) is -3.42. The summed E-state index contributed by atoms with van der Waals surface area (Å²) in [4.78, 5) is 23.4. The topological polar surface area (TPSA) is 187 Å². The number of nitrogens with one attached hydrogen (secondary N) is 3. The van der Waals surface area contributed by atoms with E-state index in [1.807, 2.05) is 0 Å². The van der Waals surface area contributed by atoms with Crippen LogP contribution in [0.4, 0.5) is 8.78 Å². The number of guanidine groups is 1. The van der Waals surface area contributed by atoms with Gasteiger partial charge in [-0.15, -0.1) is 0 Å². The first kappa shape index (κ1) is 23.0. The lowest BCUT2D eigenvalue weighted by Gasteiger charge is -2.47. The molecule has 0 bridgehead atoms. The molecule has 1 heterocycles. The third kappa shape index (κ3) is 5.00. The quantitative estimate of drug-likeness (QED) is 0.133. The van der Waals surface area contributed by atoms with Crippen LogP contribution in [-0.2, 0) is 19.1 Å². The lowest BCUT2D eigenvalue weighted by atomic mass is 9.86. The molecule has 7 atom stereocenters. The largest absolute Gasteiger partial charge is 0.462 e. The van der Waals surface area contributed by atoms with Gasteiger partial charge in [-0.1, -0.05) is 0 Å². The number of nitrogens with two attached hydrogens (primary N) is 1. The maximum atomic E-state index is 15.1. The molecule has 0 aliphatic carbocycles. The van der Waals surface area contributed by atoms with Crippen LogP contribution in [0.1, 0.15) is 13.8 Å². The Morgan fingerprint density at radius 2 is 1.96 bits per heavy atom. The number of ether oxygens (including phenoxy) is 2. The maximum Gasteiger partial charge on any atom is 0.375 e. The van der Waals surface area contributed by atoms with Gasteiger partial charge in [0.1, 0.15) is 18.3 Å². The van der Waals surface area contributed by atoms with Crippen LogP contribution in [0.2, 0.25) is 0 Å². The van der Waals surface area contributed by atoms with Gasteiger partial charge in [0.25, 0.3) is 0 Å². The van der Waals surface area contributed by atoms with E-state index in [4.69, 9.17) is 21.0 Å². The van der Waals surface area contributed by atoms with Crippen molar-refractivity contribution in [2.45, 2.75) is 56.3 Å². The molecule has 1 rings (SSSR count). The number of aliphatic hydroxyl groups is 3. The van der Waals surface area contributed by atoms with Crippen molar-refractivity contribution in [1.82, 2.24) is 10.6 Å². The maximum absolute atomic E-state index is 15.1. The third-order valence-corrected chi connectivity index (χ3v) is 3.88. The smallest absolute Gasteiger partial charge is 0.375 e. The zero-order valence-electron chi connectivity index (χ0n) is 14.7. The van der Waals surface area contributed by atoms with Crippen molar-refractivity contribution < 1.29 is 43.2 Å². The number of hydrogen-bond acceptors (Lipinski definition) is 8. The van der Waals surface area contributed by atoms with Gasteiger partial charge in [-0.3, -0.25) is 10.2 Å². The van der Waals surface area contributed by atoms with Crippen molar-refractivity contribution in [2.24, 2.45) is 5.73 Å². The fourth-order valence-electron chi connectivity index (χ4n) is 2.70. The molecule has 0 saturated carbocycles. The Kier molecular flexibility index (Phi) is 7.83. The molecule has 0 aromatic carbocycles. The molecule has 1 fully saturated rings. The minimum atomic E-state index is -3.74. The number of halogens is 2. The van der Waals surface area contributed by atoms with Gasteiger partial charge in [-0.25, -0.2) is 9.18 Å². The number of hydrogen-bond donors (Lipinski definition) is 7. The number of rotatable bonds is 7. The molecule has 0 radical (unpaired) electrons. The van der Waals surface area contributed by atoms with Gasteiger partial charge < -0.3 is 41.2 Å². The Morgan fingerprint density at radius 1 is 1.37 bits per heavy atom. The SMILES string of the molecule is CCOC(=O)[C@]1(F)OC([C@H](O)[C@H](O)CO)[C@H](NC(C)=O)C(NC(=N)N)C1F. The first-order valence-corrected chi connectivity index (χ1v) is 8.02. The van der Waals surface area contributed by atoms with E-state index in [0.717, 1.165) is 6.92 Å². The number of carbonyl (C=O) groups is 2. The van der Waals surface area contributed by atoms with E-state index in [9.17, 15) is 24.2 Å². The minimum Gasteiger partial charge on any atom is -0.462 e. The van der Waals surface area contributed by atoms with E-state index in [1.54, 1.807) is 0 Å². The fourth-order valence-corrected chi connectivity index (χ4v) is 2.70. The summed E-state index contributed by atoms with van der Waals surface area (Å²) >= 11 is 0. The molecule has 3 unspecified atom stereocenters. The average molecular weight is 398 g/mol. The lowest BCUT2D eigenvalue weighted by Crippen LogP contribution is -2.75. The number of aliphatic hydroxyl groups excluding tert-OH is 3. The molecule has 13 heteroatoms. The number of alkyl halides is 2. The van der Waals surface area contributed by atoms with Crippen LogP contribution < -0.4 is 16.4 Å². The highest BCUT2D eigenvalue weighted by molar-refractivity contribution is 5.80. The monoisotopic (exact) mass is 398 g/mol. The molecule has 27 heavy (non-hydrogen) atoms. The van der Waals surface area contributed by atoms with Crippen molar-refractivity contribution in [3.05, 3.63) is 0 Å². The van der Waals surface area contributed by atoms with Gasteiger partial charge in [0, 0.05) is 6.92 Å². The molecule has 0 spiro atoms. The second kappa shape index (κ2) is 9.21. The summed E-state index contributed by atoms with van der Waals surface area (Å²) < 4.78 is 39.3. The van der Waals surface area contributed by atoms with Gasteiger partial charge in [0.15, 0.2) is 12.1 Å². The van der Waals surface area contributed by atoms with Gasteiger partial charge in [0.05, 0.1) is 25.3 Å². The summed E-state index contributed by atoms with van der Waals surface area (Å²) in [5.41, 5.74) is 5.17. The van der Waals surface area contributed by atoms with Crippen LogP contribution in [0, 0.1) is 5.41 Å². The van der Waals surface area contributed by atoms with Gasteiger partial charge in [-0.05, 0) is 6.92 Å². The Morgan fingerprint density at radius 3 is 2.41 bits per heavy atom. The zero-order chi connectivity index (χ0) is 20.9. The van der Waals surface area contributed by atoms with Crippen molar-refractivity contribution in [1.29, 1.82) is 5.41 Å². The second-order valence-corrected chi connectivity index (χ2v) is 5.90. The highest BCUT2D eigenvalue weighted by Gasteiger charge is 2.63. The summed E-state index contributed by atoms with van der Waals surface area (Å²) in [5, 5.41) is 40.4. The minimum absolute atomic E-state index is 0.313. The normalized spacial score (nSPS) is 32.9. The predicted molar refractivity (Wildman–Crippen MR) is 85.8 cm³/mol. The van der Waals surface area contributed by atoms with Gasteiger partial charge in [-0.2, -0.15) is 4.39 Å². The van der Waals surface area contributed by atoms with Crippen molar-refractivity contribution in [3.63, 3.8) is 0 Å². The Hall–Kier alpha value is -2.09. The molecule has 8 N–H and O–H groups in total. The average Bonchev–Trinajstić information content (AvgIpc) is 2.59. The number of esters is 1. The van der Waals surface area contributed by atoms with Crippen molar-refractivity contribution >= 4 is 17.8 Å². The zero-order valence-corrected chi connectivity index (χ0v) is 14.7. The predicted octanol–water partition coefficient (Wildman–Crippen LogP) is -2.98. The Bertz CT molecular complexity index is 570. The van der Waals surface area contributed by atoms with E-state index in [2.05, 4.69) is 15.4 Å². The molecule has 11 nitrogen and oxygen atoms in total. The van der Waals surface area contributed by atoms with E-state index in [1.165, 1.54) is 6.92 Å². The van der Waals surface area contributed by atoms with Gasteiger partial charge in [0.2, 0.25) is 5.91 Å². The van der Waals surface area contributed by atoms with Crippen LogP contribution in [0.5, 0.6) is 0 Å². The standard InChI is InChI=1S/C14H24F2N4O7/c1-3-26-12(25)14(16)11(15)8(20-13(17)18)7(19-5(2)22)10(27-14)9(24)6(23)4-21/h6-11,21,23-24H,3-4H2,1-2H3,(H,19,22)(H4,17,18,20)/t6-,7-,8?,9-,10?,11?,14-/m1/s1. The Labute approximate surface area is 153 Å². The summed E-state index contributed by atoms with van der Waals surface area (Å²) in [6.07, 6.45) is -8.63. The van der Waals surface area contributed by atoms with E-state index in [0.29, 0.717) is 0 Å². The van der Waals surface area contributed by atoms with E-state index < -0.39 is 66.9 Å². The van der Waals surface area contributed by atoms with E-state index >= 15 is 4.39 Å². The molecule has 1 amide bonds. The molecular formula is C14H24F2N4O7. The third-order valence-electron chi connectivity index (χ3n) is 3.88. The summed E-state index contributed by atoms with van der Waals surface area (Å²) in [6.45, 7) is 1.08. The summed E-state index contributed by atoms with van der Waals surface area (Å²) in [7, 11) is 0. The Balaban J connectivity index is 3.42. The number of carbonyl (C=O) groups excluding carboxylic acids is 2. The van der Waals surface area contributed by atoms with E-state index in [-0.39, 0.29) is 6.61 Å². The molecule has 1 aliphatic heterocycles. The second-order valence-electron chi connectivity index (χ2n) is 5.90. The van der Waals surface area contributed by atoms with Crippen LogP contribution >= 0.6 is 0 Å². The molecule has 0 aromatic heterocycles. The van der Waals surface area contributed by atoms with Crippen LogP contribution in [0.15, 0.2) is 0 Å². The van der Waals surface area contributed by atoms with Crippen molar-refractivity contribution in [3.8, 4) is 0 Å². The molecule has 1 aliphatic rings. The summed E-state index contributed by atoms with van der Waals surface area (Å²) in [5.74, 6) is -7.05. The first-order valence-electron chi connectivity index (χ1n) is 8.02. The molecular weight excluding hydrogens is 374 g/mol. The lowest BCUT2D eigenvalue weighted by molar-refractivity contribution is -0.280. The highest BCUT2D eigenvalue weighted by atomic mass is 19.2. The molecule has 1 saturated heterocycles.